The Bertz CT molecular complexity index is 595. The number of hydrogen-bond acceptors (Lipinski definition) is 3. The number of ether oxygens (including phenoxy) is 2. The van der Waals surface area contributed by atoms with Gasteiger partial charge in [-0.2, -0.15) is 0 Å². The predicted molar refractivity (Wildman–Crippen MR) is 114 cm³/mol. The summed E-state index contributed by atoms with van der Waals surface area (Å²) < 4.78 is 11.0. The molecule has 0 aliphatic carbocycles. The number of aliphatic hydroxyl groups excluding tert-OH is 1. The molecule has 0 radical (unpaired) electrons. The number of para-hydroxylation sites is 1. The Labute approximate surface area is 165 Å². The third-order valence-electron chi connectivity index (χ3n) is 4.17. The monoisotopic (exact) mass is 372 g/mol. The fourth-order valence-electron chi connectivity index (χ4n) is 2.50. The van der Waals surface area contributed by atoms with Gasteiger partial charge in [0.25, 0.3) is 0 Å². The van der Waals surface area contributed by atoms with Crippen LogP contribution in [0.15, 0.2) is 65.3 Å². The zero-order valence-electron chi connectivity index (χ0n) is 17.4. The van der Waals surface area contributed by atoms with E-state index in [0.29, 0.717) is 6.61 Å². The van der Waals surface area contributed by atoms with E-state index in [4.69, 9.17) is 9.47 Å². The molecule has 3 heteroatoms. The second kappa shape index (κ2) is 14.2. The smallest absolute Gasteiger partial charge is 0.119 e. The molecule has 1 unspecified atom stereocenters. The highest BCUT2D eigenvalue weighted by Crippen LogP contribution is 2.11. The maximum absolute atomic E-state index is 9.90. The van der Waals surface area contributed by atoms with Gasteiger partial charge in [0.15, 0.2) is 0 Å². The third-order valence-corrected chi connectivity index (χ3v) is 4.17. The van der Waals surface area contributed by atoms with Crippen molar-refractivity contribution in [3.8, 4) is 5.75 Å². The summed E-state index contributed by atoms with van der Waals surface area (Å²) in [6.07, 6.45) is 10.5. The molecular formula is C24H36O3. The minimum Gasteiger partial charge on any atom is -0.491 e. The van der Waals surface area contributed by atoms with Gasteiger partial charge in [0.1, 0.15) is 18.5 Å². The van der Waals surface area contributed by atoms with Crippen molar-refractivity contribution in [2.75, 3.05) is 19.8 Å². The minimum absolute atomic E-state index is 0.240. The van der Waals surface area contributed by atoms with Crippen molar-refractivity contribution in [1.29, 1.82) is 0 Å². The van der Waals surface area contributed by atoms with Crippen LogP contribution in [-0.4, -0.2) is 31.0 Å². The van der Waals surface area contributed by atoms with E-state index in [-0.39, 0.29) is 13.2 Å². The van der Waals surface area contributed by atoms with Gasteiger partial charge in [-0.3, -0.25) is 0 Å². The Kier molecular flexibility index (Phi) is 12.2. The van der Waals surface area contributed by atoms with Gasteiger partial charge >= 0.3 is 0 Å². The second-order valence-electron chi connectivity index (χ2n) is 7.28. The second-order valence-corrected chi connectivity index (χ2v) is 7.28. The molecule has 0 aliphatic heterocycles. The minimum atomic E-state index is -0.620. The van der Waals surface area contributed by atoms with Crippen LogP contribution in [0.1, 0.15) is 53.4 Å². The average molecular weight is 373 g/mol. The highest BCUT2D eigenvalue weighted by atomic mass is 16.5. The Morgan fingerprint density at radius 3 is 2.19 bits per heavy atom. The van der Waals surface area contributed by atoms with E-state index in [9.17, 15) is 5.11 Å². The summed E-state index contributed by atoms with van der Waals surface area (Å²) in [5, 5.41) is 9.90. The summed E-state index contributed by atoms with van der Waals surface area (Å²) in [4.78, 5) is 0. The summed E-state index contributed by atoms with van der Waals surface area (Å²) in [7, 11) is 0. The van der Waals surface area contributed by atoms with E-state index in [2.05, 4.69) is 45.9 Å². The molecule has 150 valence electrons. The quantitative estimate of drug-likeness (QED) is 0.348. The molecule has 0 aliphatic rings. The van der Waals surface area contributed by atoms with Crippen molar-refractivity contribution < 1.29 is 14.6 Å². The number of aliphatic hydroxyl groups is 1. The standard InChI is InChI=1S/C24H36O3/c1-20(2)10-8-11-21(3)12-9-13-22(4)16-17-26-18-23(25)19-27-24-14-6-5-7-15-24/h5-7,10,12,14-16,23,25H,8-9,11,13,17-19H2,1-4H3/b21-12+,22-16+. The summed E-state index contributed by atoms with van der Waals surface area (Å²) in [6, 6.07) is 9.49. The average Bonchev–Trinajstić information content (AvgIpc) is 2.64. The molecular weight excluding hydrogens is 336 g/mol. The van der Waals surface area contributed by atoms with Crippen LogP contribution in [-0.2, 0) is 4.74 Å². The molecule has 1 rings (SSSR count). The summed E-state index contributed by atoms with van der Waals surface area (Å²) >= 11 is 0. The van der Waals surface area contributed by atoms with Gasteiger partial charge in [-0.15, -0.1) is 0 Å². The molecule has 1 aromatic rings. The zero-order chi connectivity index (χ0) is 19.9. The number of rotatable bonds is 13. The molecule has 0 spiro atoms. The first-order chi connectivity index (χ1) is 13.0. The molecule has 3 nitrogen and oxygen atoms in total. The van der Waals surface area contributed by atoms with Gasteiger partial charge in [-0.05, 0) is 65.5 Å². The normalized spacial score (nSPS) is 13.4. The lowest BCUT2D eigenvalue weighted by molar-refractivity contribution is 0.0212. The van der Waals surface area contributed by atoms with Crippen LogP contribution >= 0.6 is 0 Å². The molecule has 1 aromatic carbocycles. The maximum atomic E-state index is 9.90. The molecule has 27 heavy (non-hydrogen) atoms. The third kappa shape index (κ3) is 13.0. The van der Waals surface area contributed by atoms with Crippen molar-refractivity contribution in [2.45, 2.75) is 59.5 Å². The molecule has 0 fully saturated rings. The van der Waals surface area contributed by atoms with E-state index in [0.717, 1.165) is 31.4 Å². The fraction of sp³-hybridized carbons (Fsp3) is 0.500. The van der Waals surface area contributed by atoms with E-state index in [1.165, 1.54) is 16.7 Å². The number of hydrogen-bond donors (Lipinski definition) is 1. The highest BCUT2D eigenvalue weighted by molar-refractivity contribution is 5.20. The van der Waals surface area contributed by atoms with Crippen molar-refractivity contribution in [3.63, 3.8) is 0 Å². The van der Waals surface area contributed by atoms with Crippen LogP contribution < -0.4 is 4.74 Å². The van der Waals surface area contributed by atoms with Crippen LogP contribution in [0.25, 0.3) is 0 Å². The number of allylic oxidation sites excluding steroid dienone is 5. The summed E-state index contributed by atoms with van der Waals surface area (Å²) in [6.45, 7) is 9.67. The molecule has 1 N–H and O–H groups in total. The van der Waals surface area contributed by atoms with Crippen molar-refractivity contribution in [1.82, 2.24) is 0 Å². The van der Waals surface area contributed by atoms with Crippen LogP contribution in [0.4, 0.5) is 0 Å². The van der Waals surface area contributed by atoms with Gasteiger partial charge in [0.05, 0.1) is 13.2 Å². The van der Waals surface area contributed by atoms with Gasteiger partial charge in [0, 0.05) is 0 Å². The molecule has 0 saturated heterocycles. The van der Waals surface area contributed by atoms with Crippen LogP contribution in [0, 0.1) is 0 Å². The molecule has 0 heterocycles. The van der Waals surface area contributed by atoms with Crippen LogP contribution in [0.2, 0.25) is 0 Å². The van der Waals surface area contributed by atoms with Crippen LogP contribution in [0.5, 0.6) is 5.75 Å². The van der Waals surface area contributed by atoms with Crippen LogP contribution in [0.3, 0.4) is 0 Å². The first kappa shape index (κ1) is 23.2. The lowest BCUT2D eigenvalue weighted by Crippen LogP contribution is -2.23. The van der Waals surface area contributed by atoms with Gasteiger partial charge < -0.3 is 14.6 Å². The largest absolute Gasteiger partial charge is 0.491 e. The topological polar surface area (TPSA) is 38.7 Å². The first-order valence-electron chi connectivity index (χ1n) is 9.85. The van der Waals surface area contributed by atoms with Gasteiger partial charge in [0.2, 0.25) is 0 Å². The van der Waals surface area contributed by atoms with E-state index < -0.39 is 6.10 Å². The SMILES string of the molecule is CC(C)=CCC/C(C)=C/CC/C(C)=C/COCC(O)COc1ccccc1. The summed E-state index contributed by atoms with van der Waals surface area (Å²) in [5.74, 6) is 0.761. The Balaban J connectivity index is 2.12. The molecule has 0 aromatic heterocycles. The van der Waals surface area contributed by atoms with Crippen molar-refractivity contribution >= 4 is 0 Å². The Morgan fingerprint density at radius 1 is 0.889 bits per heavy atom. The molecule has 1 atom stereocenters. The van der Waals surface area contributed by atoms with E-state index in [1.807, 2.05) is 30.3 Å². The fourth-order valence-corrected chi connectivity index (χ4v) is 2.50. The van der Waals surface area contributed by atoms with Crippen molar-refractivity contribution in [2.24, 2.45) is 0 Å². The Hall–Kier alpha value is -1.84. The zero-order valence-corrected chi connectivity index (χ0v) is 17.4. The molecule has 0 amide bonds. The lowest BCUT2D eigenvalue weighted by atomic mass is 10.1. The lowest BCUT2D eigenvalue weighted by Gasteiger charge is -2.12. The highest BCUT2D eigenvalue weighted by Gasteiger charge is 2.05. The van der Waals surface area contributed by atoms with Gasteiger partial charge in [-0.25, -0.2) is 0 Å². The van der Waals surface area contributed by atoms with Crippen molar-refractivity contribution in [3.05, 3.63) is 65.3 Å². The number of benzene rings is 1. The van der Waals surface area contributed by atoms with Gasteiger partial charge in [-0.1, -0.05) is 53.1 Å². The molecule has 0 bridgehead atoms. The van der Waals surface area contributed by atoms with E-state index in [1.54, 1.807) is 0 Å². The Morgan fingerprint density at radius 2 is 1.52 bits per heavy atom. The first-order valence-corrected chi connectivity index (χ1v) is 9.85. The maximum Gasteiger partial charge on any atom is 0.119 e. The summed E-state index contributed by atoms with van der Waals surface area (Å²) in [5.41, 5.74) is 4.16. The molecule has 0 saturated carbocycles. The van der Waals surface area contributed by atoms with E-state index >= 15 is 0 Å². The predicted octanol–water partition coefficient (Wildman–Crippen LogP) is 5.86.